The van der Waals surface area contributed by atoms with Crippen LogP contribution in [0.5, 0.6) is 5.75 Å². The number of ether oxygens (including phenoxy) is 1. The molecule has 1 aliphatic rings. The number of fused-ring (bicyclic) bond motifs is 1. The fourth-order valence-electron chi connectivity index (χ4n) is 4.44. The van der Waals surface area contributed by atoms with Crippen LogP contribution in [0.3, 0.4) is 0 Å². The van der Waals surface area contributed by atoms with Gasteiger partial charge in [0.25, 0.3) is 5.91 Å². The highest BCUT2D eigenvalue weighted by atomic mass is 16.5. The smallest absolute Gasteiger partial charge is 0.258 e. The second-order valence-corrected chi connectivity index (χ2v) is 8.92. The number of nitrogens with zero attached hydrogens (tertiary/aromatic N) is 1. The number of carbonyl (C=O) groups excluding carboxylic acids is 1. The number of hydrogen-bond donors (Lipinski definition) is 1. The summed E-state index contributed by atoms with van der Waals surface area (Å²) in [7, 11) is 0. The maximum Gasteiger partial charge on any atom is 0.258 e. The van der Waals surface area contributed by atoms with Gasteiger partial charge in [0, 0.05) is 25.7 Å². The van der Waals surface area contributed by atoms with Crippen molar-refractivity contribution in [2.75, 3.05) is 13.1 Å². The van der Waals surface area contributed by atoms with Gasteiger partial charge in [-0.25, -0.2) is 0 Å². The molecule has 0 saturated carbocycles. The van der Waals surface area contributed by atoms with E-state index in [1.54, 1.807) is 18.2 Å². The first-order chi connectivity index (χ1) is 17.2. The van der Waals surface area contributed by atoms with E-state index in [1.165, 1.54) is 11.8 Å². The first kappa shape index (κ1) is 22.9. The zero-order chi connectivity index (χ0) is 24.0. The molecule has 2 heterocycles. The van der Waals surface area contributed by atoms with E-state index in [2.05, 4.69) is 34.5 Å². The van der Waals surface area contributed by atoms with Crippen molar-refractivity contribution in [3.05, 3.63) is 112 Å². The van der Waals surface area contributed by atoms with E-state index in [0.29, 0.717) is 23.3 Å². The molecule has 0 radical (unpaired) electrons. The molecule has 5 rings (SSSR count). The Kier molecular flexibility index (Phi) is 6.91. The van der Waals surface area contributed by atoms with Crippen LogP contribution in [0.25, 0.3) is 11.0 Å². The van der Waals surface area contributed by atoms with Crippen molar-refractivity contribution in [1.29, 1.82) is 0 Å². The Hall–Kier alpha value is -3.90. The maximum atomic E-state index is 13.1. The summed E-state index contributed by atoms with van der Waals surface area (Å²) < 4.78 is 11.5. The fraction of sp³-hybridized carbons (Fsp3) is 0.241. The zero-order valence-electron chi connectivity index (χ0n) is 19.5. The molecular formula is C29H28N2O4. The summed E-state index contributed by atoms with van der Waals surface area (Å²) in [5.41, 5.74) is 2.41. The average molecular weight is 469 g/mol. The minimum atomic E-state index is -0.391. The van der Waals surface area contributed by atoms with E-state index in [1.807, 2.05) is 36.4 Å². The maximum absolute atomic E-state index is 13.1. The van der Waals surface area contributed by atoms with Crippen molar-refractivity contribution in [1.82, 2.24) is 10.2 Å². The van der Waals surface area contributed by atoms with Crippen molar-refractivity contribution in [3.8, 4) is 5.75 Å². The Morgan fingerprint density at radius 3 is 2.34 bits per heavy atom. The molecule has 0 aliphatic carbocycles. The predicted molar refractivity (Wildman–Crippen MR) is 135 cm³/mol. The third-order valence-electron chi connectivity index (χ3n) is 6.41. The normalized spacial score (nSPS) is 14.6. The van der Waals surface area contributed by atoms with Crippen LogP contribution in [0, 0.1) is 0 Å². The van der Waals surface area contributed by atoms with Crippen LogP contribution in [0.1, 0.15) is 34.3 Å². The van der Waals surface area contributed by atoms with Crippen LogP contribution < -0.4 is 15.5 Å². The Balaban J connectivity index is 1.22. The number of carbonyl (C=O) groups is 1. The summed E-state index contributed by atoms with van der Waals surface area (Å²) in [6.45, 7) is 3.09. The van der Waals surface area contributed by atoms with Gasteiger partial charge in [0.2, 0.25) is 5.43 Å². The molecule has 0 spiro atoms. The highest BCUT2D eigenvalue weighted by Crippen LogP contribution is 2.21. The quantitative estimate of drug-likeness (QED) is 0.423. The molecule has 0 bridgehead atoms. The lowest BCUT2D eigenvalue weighted by Gasteiger charge is -2.32. The lowest BCUT2D eigenvalue weighted by molar-refractivity contribution is 0.0906. The van der Waals surface area contributed by atoms with Gasteiger partial charge in [0.15, 0.2) is 0 Å². The third-order valence-corrected chi connectivity index (χ3v) is 6.41. The van der Waals surface area contributed by atoms with Crippen molar-refractivity contribution in [3.63, 3.8) is 0 Å². The van der Waals surface area contributed by atoms with Crippen molar-refractivity contribution in [2.24, 2.45) is 0 Å². The summed E-state index contributed by atoms with van der Waals surface area (Å²) in [6.07, 6.45) is 2.94. The van der Waals surface area contributed by atoms with Gasteiger partial charge in [0.05, 0.1) is 5.39 Å². The van der Waals surface area contributed by atoms with Crippen LogP contribution in [-0.2, 0) is 13.2 Å². The summed E-state index contributed by atoms with van der Waals surface area (Å²) in [6, 6.07) is 25.3. The molecular weight excluding hydrogens is 440 g/mol. The number of piperidine rings is 1. The number of rotatable bonds is 7. The van der Waals surface area contributed by atoms with Crippen LogP contribution in [0.4, 0.5) is 0 Å². The zero-order valence-corrected chi connectivity index (χ0v) is 19.5. The van der Waals surface area contributed by atoms with Gasteiger partial charge < -0.3 is 14.5 Å². The number of amides is 1. The molecule has 178 valence electrons. The SMILES string of the molecule is O=C(NC1CCN(Cc2ccccc2)CC1)c1coc2ccc(OCc3ccccc3)cc2c1=O. The molecule has 1 saturated heterocycles. The molecule has 6 heteroatoms. The van der Waals surface area contributed by atoms with Gasteiger partial charge in [-0.2, -0.15) is 0 Å². The van der Waals surface area contributed by atoms with Crippen molar-refractivity contribution < 1.29 is 13.9 Å². The summed E-state index contributed by atoms with van der Waals surface area (Å²) in [5, 5.41) is 3.36. The first-order valence-electron chi connectivity index (χ1n) is 11.9. The highest BCUT2D eigenvalue weighted by molar-refractivity contribution is 5.96. The van der Waals surface area contributed by atoms with Crippen molar-refractivity contribution >= 4 is 16.9 Å². The molecule has 35 heavy (non-hydrogen) atoms. The van der Waals surface area contributed by atoms with Gasteiger partial charge >= 0.3 is 0 Å². The van der Waals surface area contributed by atoms with Gasteiger partial charge in [-0.3, -0.25) is 14.5 Å². The molecule has 1 aliphatic heterocycles. The highest BCUT2D eigenvalue weighted by Gasteiger charge is 2.23. The largest absolute Gasteiger partial charge is 0.489 e. The number of hydrogen-bond acceptors (Lipinski definition) is 5. The first-order valence-corrected chi connectivity index (χ1v) is 11.9. The minimum Gasteiger partial charge on any atom is -0.489 e. The molecule has 1 amide bonds. The Morgan fingerprint density at radius 1 is 0.943 bits per heavy atom. The Morgan fingerprint density at radius 2 is 1.63 bits per heavy atom. The minimum absolute atomic E-state index is 0.0180. The average Bonchev–Trinajstić information content (AvgIpc) is 2.90. The van der Waals surface area contributed by atoms with Crippen LogP contribution >= 0.6 is 0 Å². The van der Waals surface area contributed by atoms with E-state index in [0.717, 1.165) is 38.0 Å². The molecule has 0 atom stereocenters. The fourth-order valence-corrected chi connectivity index (χ4v) is 4.44. The molecule has 1 fully saturated rings. The van der Waals surface area contributed by atoms with E-state index >= 15 is 0 Å². The second-order valence-electron chi connectivity index (χ2n) is 8.92. The van der Waals surface area contributed by atoms with Crippen LogP contribution in [-0.4, -0.2) is 29.9 Å². The van der Waals surface area contributed by atoms with E-state index < -0.39 is 5.91 Å². The molecule has 6 nitrogen and oxygen atoms in total. The topological polar surface area (TPSA) is 71.8 Å². The summed E-state index contributed by atoms with van der Waals surface area (Å²) >= 11 is 0. The van der Waals surface area contributed by atoms with E-state index in [-0.39, 0.29) is 17.0 Å². The molecule has 3 aromatic carbocycles. The van der Waals surface area contributed by atoms with Crippen LogP contribution in [0.2, 0.25) is 0 Å². The van der Waals surface area contributed by atoms with Gasteiger partial charge in [0.1, 0.15) is 29.8 Å². The third kappa shape index (κ3) is 5.61. The van der Waals surface area contributed by atoms with Crippen molar-refractivity contribution in [2.45, 2.75) is 32.0 Å². The Labute approximate surface area is 204 Å². The summed E-state index contributed by atoms with van der Waals surface area (Å²) in [4.78, 5) is 28.4. The number of benzene rings is 3. The monoisotopic (exact) mass is 468 g/mol. The predicted octanol–water partition coefficient (Wildman–Crippen LogP) is 4.77. The molecule has 1 N–H and O–H groups in total. The lowest BCUT2D eigenvalue weighted by atomic mass is 10.0. The van der Waals surface area contributed by atoms with Gasteiger partial charge in [-0.1, -0.05) is 60.7 Å². The van der Waals surface area contributed by atoms with Crippen LogP contribution in [0.15, 0.2) is 94.3 Å². The van der Waals surface area contributed by atoms with E-state index in [9.17, 15) is 9.59 Å². The molecule has 4 aromatic rings. The lowest BCUT2D eigenvalue weighted by Crippen LogP contribution is -2.45. The molecule has 0 unspecified atom stereocenters. The number of nitrogens with one attached hydrogen (secondary N) is 1. The Bertz CT molecular complexity index is 1340. The standard InChI is InChI=1S/C29H28N2O4/c32-28-25-17-24(34-19-22-9-5-2-6-10-22)11-12-27(25)35-20-26(28)29(33)30-23-13-15-31(16-14-23)18-21-7-3-1-4-8-21/h1-12,17,20,23H,13-16,18-19H2,(H,30,33). The molecule has 1 aromatic heterocycles. The second kappa shape index (κ2) is 10.6. The van der Waals surface area contributed by atoms with E-state index in [4.69, 9.17) is 9.15 Å². The summed E-state index contributed by atoms with van der Waals surface area (Å²) in [5.74, 6) is 0.162. The van der Waals surface area contributed by atoms with Gasteiger partial charge in [-0.15, -0.1) is 0 Å². The number of likely N-dealkylation sites (tertiary alicyclic amines) is 1. The van der Waals surface area contributed by atoms with Gasteiger partial charge in [-0.05, 0) is 42.2 Å².